The zero-order chi connectivity index (χ0) is 15.2. The maximum atomic E-state index is 12.0. The Morgan fingerprint density at radius 2 is 1.90 bits per heavy atom. The summed E-state index contributed by atoms with van der Waals surface area (Å²) in [4.78, 5) is 23.6. The molecule has 0 saturated heterocycles. The van der Waals surface area contributed by atoms with Crippen LogP contribution in [0, 0.1) is 6.07 Å². The minimum absolute atomic E-state index is 0.305. The molecule has 0 aromatic heterocycles. The topological polar surface area (TPSA) is 52.6 Å². The van der Waals surface area contributed by atoms with Crippen LogP contribution in [0.3, 0.4) is 0 Å². The molecule has 0 aliphatic carbocycles. The second-order valence-corrected chi connectivity index (χ2v) is 4.25. The molecule has 0 aliphatic rings. The van der Waals surface area contributed by atoms with E-state index in [4.69, 9.17) is 9.47 Å². The third-order valence-corrected chi connectivity index (χ3v) is 2.94. The molecule has 2 rings (SSSR count). The Bertz CT molecular complexity index is 661. The number of methoxy groups -OCH3 is 1. The van der Waals surface area contributed by atoms with Gasteiger partial charge in [0.25, 0.3) is 0 Å². The fraction of sp³-hybridized carbons (Fsp3) is 0.176. The highest BCUT2D eigenvalue weighted by atomic mass is 16.5. The summed E-state index contributed by atoms with van der Waals surface area (Å²) in [5.74, 6) is -0.830. The summed E-state index contributed by atoms with van der Waals surface area (Å²) in [5, 5.41) is 0. The van der Waals surface area contributed by atoms with Crippen LogP contribution in [0.5, 0.6) is 0 Å². The van der Waals surface area contributed by atoms with E-state index in [9.17, 15) is 9.59 Å². The Morgan fingerprint density at radius 3 is 2.62 bits per heavy atom. The Labute approximate surface area is 123 Å². The van der Waals surface area contributed by atoms with Gasteiger partial charge in [-0.25, -0.2) is 9.59 Å². The third kappa shape index (κ3) is 3.28. The van der Waals surface area contributed by atoms with Gasteiger partial charge in [-0.2, -0.15) is 0 Å². The quantitative estimate of drug-likeness (QED) is 0.809. The zero-order valence-corrected chi connectivity index (χ0v) is 11.9. The van der Waals surface area contributed by atoms with Gasteiger partial charge in [0, 0.05) is 0 Å². The van der Waals surface area contributed by atoms with E-state index in [0.29, 0.717) is 28.9 Å². The molecule has 21 heavy (non-hydrogen) atoms. The van der Waals surface area contributed by atoms with Gasteiger partial charge >= 0.3 is 11.9 Å². The van der Waals surface area contributed by atoms with Gasteiger partial charge in [0.1, 0.15) is 0 Å². The van der Waals surface area contributed by atoms with Crippen molar-refractivity contribution in [1.82, 2.24) is 0 Å². The van der Waals surface area contributed by atoms with Gasteiger partial charge in [0.05, 0.1) is 24.8 Å². The van der Waals surface area contributed by atoms with Gasteiger partial charge in [0.15, 0.2) is 0 Å². The van der Waals surface area contributed by atoms with Crippen LogP contribution in [0.2, 0.25) is 0 Å². The van der Waals surface area contributed by atoms with Gasteiger partial charge in [-0.1, -0.05) is 24.3 Å². The van der Waals surface area contributed by atoms with Crippen molar-refractivity contribution in [2.24, 2.45) is 0 Å². The number of esters is 2. The van der Waals surface area contributed by atoms with Crippen molar-refractivity contribution in [3.63, 3.8) is 0 Å². The van der Waals surface area contributed by atoms with Crippen molar-refractivity contribution in [3.05, 3.63) is 59.7 Å². The molecule has 2 aromatic rings. The first-order valence-electron chi connectivity index (χ1n) is 6.54. The van der Waals surface area contributed by atoms with E-state index in [1.165, 1.54) is 7.11 Å². The molecule has 4 heteroatoms. The Kier molecular flexibility index (Phi) is 4.72. The van der Waals surface area contributed by atoms with E-state index in [2.05, 4.69) is 6.07 Å². The average Bonchev–Trinajstić information content (AvgIpc) is 2.54. The Morgan fingerprint density at radius 1 is 1.14 bits per heavy atom. The molecule has 1 radical (unpaired) electrons. The maximum absolute atomic E-state index is 12.0. The summed E-state index contributed by atoms with van der Waals surface area (Å²) in [5.41, 5.74) is 2.16. The SMILES string of the molecule is CCOC(=O)c1ccccc1-c1[c]ccc(C(=O)OC)c1. The molecule has 107 valence electrons. The van der Waals surface area contributed by atoms with Crippen molar-refractivity contribution < 1.29 is 19.1 Å². The third-order valence-electron chi connectivity index (χ3n) is 2.94. The molecule has 0 heterocycles. The summed E-state index contributed by atoms with van der Waals surface area (Å²) in [6.07, 6.45) is 0. The normalized spacial score (nSPS) is 10.0. The smallest absolute Gasteiger partial charge is 0.338 e. The van der Waals surface area contributed by atoms with E-state index in [1.807, 2.05) is 6.07 Å². The molecule has 0 unspecified atom stereocenters. The van der Waals surface area contributed by atoms with Crippen molar-refractivity contribution in [2.75, 3.05) is 13.7 Å². The predicted molar refractivity (Wildman–Crippen MR) is 78.0 cm³/mol. The Hall–Kier alpha value is -2.62. The monoisotopic (exact) mass is 283 g/mol. The zero-order valence-electron chi connectivity index (χ0n) is 11.9. The van der Waals surface area contributed by atoms with E-state index >= 15 is 0 Å². The summed E-state index contributed by atoms with van der Waals surface area (Å²) < 4.78 is 9.74. The number of carbonyl (C=O) groups excluding carboxylic acids is 2. The average molecular weight is 283 g/mol. The van der Waals surface area contributed by atoms with Gasteiger partial charge in [-0.15, -0.1) is 0 Å². The minimum Gasteiger partial charge on any atom is -0.465 e. The highest BCUT2D eigenvalue weighted by Crippen LogP contribution is 2.25. The number of ether oxygens (including phenoxy) is 2. The van der Waals surface area contributed by atoms with Crippen molar-refractivity contribution in [2.45, 2.75) is 6.92 Å². The minimum atomic E-state index is -0.432. The van der Waals surface area contributed by atoms with E-state index in [1.54, 1.807) is 43.3 Å². The number of benzene rings is 2. The number of carbonyl (C=O) groups is 2. The number of hydrogen-bond donors (Lipinski definition) is 0. The van der Waals surface area contributed by atoms with Crippen LogP contribution >= 0.6 is 0 Å². The highest BCUT2D eigenvalue weighted by molar-refractivity contribution is 5.98. The maximum Gasteiger partial charge on any atom is 0.338 e. The van der Waals surface area contributed by atoms with Crippen LogP contribution in [0.25, 0.3) is 11.1 Å². The lowest BCUT2D eigenvalue weighted by atomic mass is 9.98. The van der Waals surface area contributed by atoms with E-state index < -0.39 is 11.9 Å². The van der Waals surface area contributed by atoms with Crippen LogP contribution in [0.1, 0.15) is 27.6 Å². The fourth-order valence-electron chi connectivity index (χ4n) is 1.97. The fourth-order valence-corrected chi connectivity index (χ4v) is 1.97. The molecule has 0 N–H and O–H groups in total. The second-order valence-electron chi connectivity index (χ2n) is 4.25. The van der Waals surface area contributed by atoms with E-state index in [-0.39, 0.29) is 0 Å². The molecular formula is C17H15O4. The number of rotatable bonds is 4. The molecule has 2 aromatic carbocycles. The van der Waals surface area contributed by atoms with Gasteiger partial charge in [-0.05, 0) is 42.3 Å². The summed E-state index contributed by atoms with van der Waals surface area (Å²) in [6, 6.07) is 15.0. The Balaban J connectivity index is 2.47. The summed E-state index contributed by atoms with van der Waals surface area (Å²) >= 11 is 0. The van der Waals surface area contributed by atoms with Gasteiger partial charge in [0.2, 0.25) is 0 Å². The molecule has 4 nitrogen and oxygen atoms in total. The van der Waals surface area contributed by atoms with E-state index in [0.717, 1.165) is 0 Å². The van der Waals surface area contributed by atoms with Gasteiger partial charge < -0.3 is 9.47 Å². The van der Waals surface area contributed by atoms with Crippen LogP contribution in [0.15, 0.2) is 42.5 Å². The van der Waals surface area contributed by atoms with Gasteiger partial charge in [-0.3, -0.25) is 0 Å². The molecule has 0 atom stereocenters. The molecular weight excluding hydrogens is 268 g/mol. The number of hydrogen-bond acceptors (Lipinski definition) is 4. The lowest BCUT2D eigenvalue weighted by Crippen LogP contribution is -2.07. The standard InChI is InChI=1S/C17H15O4/c1-3-21-17(19)15-10-5-4-9-14(15)12-7-6-8-13(11-12)16(18)20-2/h4-6,8-11H,3H2,1-2H3. The molecule has 0 aliphatic heterocycles. The first kappa shape index (κ1) is 14.8. The predicted octanol–water partition coefficient (Wildman–Crippen LogP) is 3.12. The molecule has 0 saturated carbocycles. The molecule has 0 bridgehead atoms. The van der Waals surface area contributed by atoms with Crippen LogP contribution < -0.4 is 0 Å². The van der Waals surface area contributed by atoms with Crippen molar-refractivity contribution >= 4 is 11.9 Å². The van der Waals surface area contributed by atoms with Crippen LogP contribution in [-0.2, 0) is 9.47 Å². The van der Waals surface area contributed by atoms with Crippen LogP contribution in [0.4, 0.5) is 0 Å². The largest absolute Gasteiger partial charge is 0.465 e. The summed E-state index contributed by atoms with van der Waals surface area (Å²) in [7, 11) is 1.32. The lowest BCUT2D eigenvalue weighted by molar-refractivity contribution is 0.0526. The van der Waals surface area contributed by atoms with Crippen molar-refractivity contribution in [3.8, 4) is 11.1 Å². The molecule has 0 amide bonds. The molecule has 0 fully saturated rings. The highest BCUT2D eigenvalue weighted by Gasteiger charge is 2.14. The second kappa shape index (κ2) is 6.70. The molecule has 0 spiro atoms. The summed E-state index contributed by atoms with van der Waals surface area (Å²) in [6.45, 7) is 2.06. The van der Waals surface area contributed by atoms with Crippen molar-refractivity contribution in [1.29, 1.82) is 0 Å². The van der Waals surface area contributed by atoms with Crippen LogP contribution in [-0.4, -0.2) is 25.7 Å². The lowest BCUT2D eigenvalue weighted by Gasteiger charge is -2.09. The first-order chi connectivity index (χ1) is 10.2. The first-order valence-corrected chi connectivity index (χ1v) is 6.54.